The molecule has 1 nitrogen and oxygen atoms in total. The Labute approximate surface area is 148 Å². The van der Waals surface area contributed by atoms with Crippen LogP contribution in [0.2, 0.25) is 0 Å². The first kappa shape index (κ1) is 18.6. The summed E-state index contributed by atoms with van der Waals surface area (Å²) in [5.74, 6) is 1.34. The van der Waals surface area contributed by atoms with Crippen molar-refractivity contribution in [1.29, 1.82) is 0 Å². The molecular formula is C23H33N. The average Bonchev–Trinajstić information content (AvgIpc) is 3.06. The third-order valence-electron chi connectivity index (χ3n) is 4.93. The van der Waals surface area contributed by atoms with Gasteiger partial charge in [-0.15, -0.1) is 0 Å². The van der Waals surface area contributed by atoms with Crippen molar-refractivity contribution in [1.82, 2.24) is 5.32 Å². The van der Waals surface area contributed by atoms with Gasteiger partial charge in [0.15, 0.2) is 0 Å². The van der Waals surface area contributed by atoms with Gasteiger partial charge in [-0.25, -0.2) is 0 Å². The lowest BCUT2D eigenvalue weighted by Crippen LogP contribution is -2.09. The molecule has 1 saturated carbocycles. The highest BCUT2D eigenvalue weighted by Crippen LogP contribution is 2.37. The lowest BCUT2D eigenvalue weighted by atomic mass is 9.85. The van der Waals surface area contributed by atoms with E-state index in [1.807, 2.05) is 7.05 Å². The molecular weight excluding hydrogens is 290 g/mol. The van der Waals surface area contributed by atoms with E-state index in [9.17, 15) is 0 Å². The fourth-order valence-electron chi connectivity index (χ4n) is 3.79. The summed E-state index contributed by atoms with van der Waals surface area (Å²) in [5.41, 5.74) is 6.64. The van der Waals surface area contributed by atoms with E-state index >= 15 is 0 Å². The van der Waals surface area contributed by atoms with E-state index in [2.05, 4.69) is 69.2 Å². The van der Waals surface area contributed by atoms with E-state index in [1.165, 1.54) is 48.0 Å². The fourth-order valence-corrected chi connectivity index (χ4v) is 3.79. The Bertz CT molecular complexity index is 613. The van der Waals surface area contributed by atoms with Gasteiger partial charge in [-0.1, -0.05) is 63.6 Å². The van der Waals surface area contributed by atoms with E-state index in [-0.39, 0.29) is 0 Å². The third-order valence-corrected chi connectivity index (χ3v) is 4.93. The second-order valence-electron chi connectivity index (χ2n) is 7.48. The largest absolute Gasteiger partial charge is 0.394 e. The minimum atomic E-state index is 0.641. The summed E-state index contributed by atoms with van der Waals surface area (Å²) in [6.45, 7) is 11.1. The molecule has 1 N–H and O–H groups in total. The normalized spacial score (nSPS) is 16.7. The summed E-state index contributed by atoms with van der Waals surface area (Å²) in [6, 6.07) is 8.54. The Morgan fingerprint density at radius 1 is 1.25 bits per heavy atom. The maximum atomic E-state index is 4.38. The highest BCUT2D eigenvalue weighted by molar-refractivity contribution is 5.75. The first-order valence-corrected chi connectivity index (χ1v) is 9.36. The Morgan fingerprint density at radius 2 is 1.92 bits per heavy atom. The second-order valence-corrected chi connectivity index (χ2v) is 7.48. The first-order valence-electron chi connectivity index (χ1n) is 9.36. The van der Waals surface area contributed by atoms with Crippen LogP contribution in [0.25, 0.3) is 5.57 Å². The van der Waals surface area contributed by atoms with Crippen molar-refractivity contribution in [2.24, 2.45) is 11.8 Å². The van der Waals surface area contributed by atoms with Crippen molar-refractivity contribution in [3.63, 3.8) is 0 Å². The van der Waals surface area contributed by atoms with Crippen LogP contribution in [0.4, 0.5) is 0 Å². The fraction of sp³-hybridized carbons (Fsp3) is 0.478. The van der Waals surface area contributed by atoms with Gasteiger partial charge in [0.25, 0.3) is 0 Å². The van der Waals surface area contributed by atoms with Gasteiger partial charge in [0.05, 0.1) is 0 Å². The zero-order chi connectivity index (χ0) is 17.5. The highest BCUT2D eigenvalue weighted by Gasteiger charge is 2.22. The summed E-state index contributed by atoms with van der Waals surface area (Å²) in [7, 11) is 2.01. The van der Waals surface area contributed by atoms with Crippen LogP contribution in [0, 0.1) is 18.8 Å². The van der Waals surface area contributed by atoms with Crippen molar-refractivity contribution in [2.75, 3.05) is 7.05 Å². The molecule has 0 aromatic heterocycles. The van der Waals surface area contributed by atoms with Crippen LogP contribution in [0.3, 0.4) is 0 Å². The molecule has 130 valence electrons. The summed E-state index contributed by atoms with van der Waals surface area (Å²) in [4.78, 5) is 0. The third kappa shape index (κ3) is 4.87. The molecule has 1 aliphatic rings. The molecule has 1 aromatic rings. The molecule has 0 saturated heterocycles. The van der Waals surface area contributed by atoms with Crippen molar-refractivity contribution >= 4 is 5.57 Å². The molecule has 0 heterocycles. The zero-order valence-electron chi connectivity index (χ0n) is 15.9. The van der Waals surface area contributed by atoms with Gasteiger partial charge in [0.2, 0.25) is 0 Å². The predicted octanol–water partition coefficient (Wildman–Crippen LogP) is 6.27. The number of hydrogen-bond acceptors (Lipinski definition) is 1. The molecule has 1 aromatic carbocycles. The second kappa shape index (κ2) is 8.92. The Hall–Kier alpha value is -1.76. The van der Waals surface area contributed by atoms with Gasteiger partial charge in [0.1, 0.15) is 0 Å². The maximum absolute atomic E-state index is 4.38. The minimum absolute atomic E-state index is 0.641. The molecule has 1 fully saturated rings. The van der Waals surface area contributed by atoms with Crippen LogP contribution >= 0.6 is 0 Å². The summed E-state index contributed by atoms with van der Waals surface area (Å²) >= 11 is 0. The van der Waals surface area contributed by atoms with E-state index in [1.54, 1.807) is 0 Å². The minimum Gasteiger partial charge on any atom is -0.394 e. The summed E-state index contributed by atoms with van der Waals surface area (Å²) < 4.78 is 0. The van der Waals surface area contributed by atoms with Crippen molar-refractivity contribution in [2.45, 2.75) is 52.9 Å². The molecule has 0 spiro atoms. The Balaban J connectivity index is 2.37. The monoisotopic (exact) mass is 323 g/mol. The zero-order valence-corrected chi connectivity index (χ0v) is 15.9. The van der Waals surface area contributed by atoms with Gasteiger partial charge >= 0.3 is 0 Å². The Kier molecular flexibility index (Phi) is 6.90. The van der Waals surface area contributed by atoms with E-state index in [0.717, 1.165) is 12.0 Å². The number of benzene rings is 1. The number of allylic oxidation sites excluding steroid dienone is 4. The number of hydrogen-bond donors (Lipinski definition) is 1. The SMILES string of the molecule is C=C(/C=C(CC(C)C)\C(=C/NC)C1CCCC1)c1ccccc1C. The van der Waals surface area contributed by atoms with Crippen LogP contribution in [-0.2, 0) is 0 Å². The van der Waals surface area contributed by atoms with E-state index in [4.69, 9.17) is 0 Å². The van der Waals surface area contributed by atoms with Crippen molar-refractivity contribution in [3.05, 3.63) is 65.4 Å². The molecule has 0 atom stereocenters. The van der Waals surface area contributed by atoms with Gasteiger partial charge in [-0.3, -0.25) is 0 Å². The average molecular weight is 324 g/mol. The van der Waals surface area contributed by atoms with Gasteiger partial charge < -0.3 is 5.32 Å². The molecule has 1 heteroatoms. The van der Waals surface area contributed by atoms with Crippen LogP contribution in [0.1, 0.15) is 57.1 Å². The first-order chi connectivity index (χ1) is 11.5. The summed E-state index contributed by atoms with van der Waals surface area (Å²) in [5, 5.41) is 3.29. The molecule has 2 rings (SSSR count). The number of rotatable bonds is 7. The van der Waals surface area contributed by atoms with Crippen LogP contribution in [0.15, 0.2) is 54.3 Å². The maximum Gasteiger partial charge on any atom is 0.00278 e. The quantitative estimate of drug-likeness (QED) is 0.583. The molecule has 0 amide bonds. The predicted molar refractivity (Wildman–Crippen MR) is 107 cm³/mol. The van der Waals surface area contributed by atoms with E-state index in [0.29, 0.717) is 11.8 Å². The lowest BCUT2D eigenvalue weighted by Gasteiger charge is -2.21. The van der Waals surface area contributed by atoms with Gasteiger partial charge in [-0.2, -0.15) is 0 Å². The highest BCUT2D eigenvalue weighted by atomic mass is 14.8. The number of nitrogens with one attached hydrogen (secondary N) is 1. The Morgan fingerprint density at radius 3 is 2.50 bits per heavy atom. The summed E-state index contributed by atoms with van der Waals surface area (Å²) in [6.07, 6.45) is 11.0. The van der Waals surface area contributed by atoms with Gasteiger partial charge in [-0.05, 0) is 72.1 Å². The van der Waals surface area contributed by atoms with Crippen molar-refractivity contribution in [3.8, 4) is 0 Å². The molecule has 0 aliphatic heterocycles. The molecule has 1 aliphatic carbocycles. The van der Waals surface area contributed by atoms with Crippen LogP contribution in [-0.4, -0.2) is 7.05 Å². The van der Waals surface area contributed by atoms with E-state index < -0.39 is 0 Å². The van der Waals surface area contributed by atoms with Crippen molar-refractivity contribution < 1.29 is 0 Å². The topological polar surface area (TPSA) is 12.0 Å². The van der Waals surface area contributed by atoms with Crippen LogP contribution < -0.4 is 5.32 Å². The van der Waals surface area contributed by atoms with Crippen LogP contribution in [0.5, 0.6) is 0 Å². The van der Waals surface area contributed by atoms with Gasteiger partial charge in [0, 0.05) is 7.05 Å². The molecule has 0 unspecified atom stereocenters. The molecule has 0 bridgehead atoms. The molecule has 24 heavy (non-hydrogen) atoms. The standard InChI is InChI=1S/C23H33N/c1-17(2)14-21(23(16-24-5)20-11-7-8-12-20)15-19(4)22-13-9-6-10-18(22)3/h6,9-10,13,15-17,20,24H,4,7-8,11-12,14H2,1-3,5H3/b21-15-,23-16-. The number of aryl methyl sites for hydroxylation is 1. The smallest absolute Gasteiger partial charge is 0.00278 e. The molecule has 0 radical (unpaired) electrons. The lowest BCUT2D eigenvalue weighted by molar-refractivity contribution is 0.598.